The Hall–Kier alpha value is -4.01. The molecule has 0 aliphatic carbocycles. The second-order valence-electron chi connectivity index (χ2n) is 9.56. The van der Waals surface area contributed by atoms with Gasteiger partial charge in [0.15, 0.2) is 5.58 Å². The van der Waals surface area contributed by atoms with Gasteiger partial charge in [0, 0.05) is 43.9 Å². The fraction of sp³-hybridized carbons (Fsp3) is 0.0909. The molecule has 0 bridgehead atoms. The van der Waals surface area contributed by atoms with E-state index in [2.05, 4.69) is 61.3 Å². The molecular weight excluding hydrogens is 651 g/mol. The quantitative estimate of drug-likeness (QED) is 0.188. The van der Waals surface area contributed by atoms with Crippen molar-refractivity contribution in [2.45, 2.75) is 19.3 Å². The van der Waals surface area contributed by atoms with Crippen LogP contribution >= 0.6 is 0 Å². The van der Waals surface area contributed by atoms with Crippen molar-refractivity contribution in [3.63, 3.8) is 0 Å². The summed E-state index contributed by atoms with van der Waals surface area (Å²) < 4.78 is 6.45. The van der Waals surface area contributed by atoms with Gasteiger partial charge in [0.05, 0.1) is 11.1 Å². The van der Waals surface area contributed by atoms with Crippen molar-refractivity contribution in [1.29, 1.82) is 0 Å². The molecule has 0 atom stereocenters. The maximum absolute atomic E-state index is 10.5. The van der Waals surface area contributed by atoms with Crippen molar-refractivity contribution >= 4 is 11.1 Å². The summed E-state index contributed by atoms with van der Waals surface area (Å²) in [5, 5.41) is 10.5. The van der Waals surface area contributed by atoms with Crippen LogP contribution in [-0.4, -0.2) is 15.1 Å². The van der Waals surface area contributed by atoms with Crippen LogP contribution in [0.3, 0.4) is 0 Å². The minimum Gasteiger partial charge on any atom is -0.507 e. The van der Waals surface area contributed by atoms with E-state index in [1.165, 1.54) is 5.56 Å². The van der Waals surface area contributed by atoms with Crippen LogP contribution < -0.4 is 0 Å². The van der Waals surface area contributed by atoms with E-state index in [1.807, 2.05) is 54.6 Å². The topological polar surface area (TPSA) is 59.2 Å². The molecule has 2 aromatic heterocycles. The number of para-hydroxylation sites is 1. The molecule has 6 rings (SSSR count). The first-order valence-electron chi connectivity index (χ1n) is 12.2. The van der Waals surface area contributed by atoms with Gasteiger partial charge in [-0.1, -0.05) is 91.7 Å². The maximum Gasteiger partial charge on any atom is 0.230 e. The summed E-state index contributed by atoms with van der Waals surface area (Å²) in [6.07, 6.45) is 1.78. The number of nitrogens with zero attached hydrogens (tertiary/aromatic N) is 2. The molecule has 0 amide bonds. The molecule has 0 unspecified atom stereocenters. The molecule has 2 heterocycles. The Morgan fingerprint density at radius 2 is 1.47 bits per heavy atom. The fourth-order valence-electron chi connectivity index (χ4n) is 4.79. The van der Waals surface area contributed by atoms with E-state index in [1.54, 1.807) is 18.3 Å². The van der Waals surface area contributed by atoms with E-state index >= 15 is 0 Å². The maximum atomic E-state index is 10.5. The van der Waals surface area contributed by atoms with Gasteiger partial charge in [-0.15, -0.1) is 29.8 Å². The van der Waals surface area contributed by atoms with Crippen LogP contribution in [0.15, 0.2) is 114 Å². The number of hydrogen-bond acceptors (Lipinski definition) is 4. The Bertz CT molecular complexity index is 1710. The zero-order valence-electron chi connectivity index (χ0n) is 21.0. The molecule has 0 radical (unpaired) electrons. The van der Waals surface area contributed by atoms with Crippen molar-refractivity contribution in [3.8, 4) is 39.6 Å². The van der Waals surface area contributed by atoms with E-state index < -0.39 is 0 Å². The number of hydrogen-bond donors (Lipinski definition) is 1. The molecule has 4 nitrogen and oxygen atoms in total. The molecule has 4 aromatic carbocycles. The monoisotopic (exact) mass is 676 g/mol. The van der Waals surface area contributed by atoms with Crippen LogP contribution in [0.1, 0.15) is 25.0 Å². The van der Waals surface area contributed by atoms with Gasteiger partial charge in [-0.05, 0) is 23.8 Å². The standard InChI is InChI=1S/C33H25N2O2.Pt/c1-33(2,24-13-4-3-5-14-24)27-19-18-25(22-11-10-12-23(21-22)28-16-8-9-20-34-28)30-31(27)37-32(35-30)26-15-6-7-17-29(26)36;/h3-20,36H,1-2H3;/q-1;. The Kier molecular flexibility index (Phi) is 7.01. The zero-order chi connectivity index (χ0) is 25.4. The van der Waals surface area contributed by atoms with Crippen LogP contribution in [0.2, 0.25) is 0 Å². The third-order valence-electron chi connectivity index (χ3n) is 6.87. The molecule has 5 heteroatoms. The van der Waals surface area contributed by atoms with E-state index in [4.69, 9.17) is 9.40 Å². The summed E-state index contributed by atoms with van der Waals surface area (Å²) in [4.78, 5) is 9.41. The second kappa shape index (κ2) is 10.4. The number of benzene rings is 4. The molecule has 0 spiro atoms. The molecule has 0 aliphatic rings. The number of fused-ring (bicyclic) bond motifs is 1. The number of oxazole rings is 1. The predicted octanol–water partition coefficient (Wildman–Crippen LogP) is 8.05. The van der Waals surface area contributed by atoms with Gasteiger partial charge in [-0.25, -0.2) is 4.98 Å². The number of aromatic hydroxyl groups is 1. The molecule has 0 saturated heterocycles. The van der Waals surface area contributed by atoms with Crippen LogP contribution in [0, 0.1) is 6.07 Å². The Labute approximate surface area is 236 Å². The third-order valence-corrected chi connectivity index (χ3v) is 6.87. The van der Waals surface area contributed by atoms with Gasteiger partial charge in [-0.3, -0.25) is 4.98 Å². The van der Waals surface area contributed by atoms with Crippen molar-refractivity contribution in [2.24, 2.45) is 0 Å². The van der Waals surface area contributed by atoms with Crippen LogP contribution in [-0.2, 0) is 26.5 Å². The fourth-order valence-corrected chi connectivity index (χ4v) is 4.79. The summed E-state index contributed by atoms with van der Waals surface area (Å²) in [5.41, 5.74) is 7.41. The van der Waals surface area contributed by atoms with Gasteiger partial charge in [0.1, 0.15) is 5.75 Å². The second-order valence-corrected chi connectivity index (χ2v) is 9.56. The molecule has 0 fully saturated rings. The molecule has 0 aliphatic heterocycles. The summed E-state index contributed by atoms with van der Waals surface area (Å²) in [6, 6.07) is 37.1. The number of phenols is 1. The van der Waals surface area contributed by atoms with Crippen molar-refractivity contribution in [1.82, 2.24) is 9.97 Å². The smallest absolute Gasteiger partial charge is 0.230 e. The van der Waals surface area contributed by atoms with Crippen molar-refractivity contribution < 1.29 is 30.6 Å². The number of rotatable bonds is 5. The van der Waals surface area contributed by atoms with E-state index in [0.29, 0.717) is 17.0 Å². The Morgan fingerprint density at radius 1 is 0.737 bits per heavy atom. The van der Waals surface area contributed by atoms with Gasteiger partial charge in [0.25, 0.3) is 0 Å². The van der Waals surface area contributed by atoms with E-state index in [-0.39, 0.29) is 32.2 Å². The third kappa shape index (κ3) is 4.57. The summed E-state index contributed by atoms with van der Waals surface area (Å²) >= 11 is 0. The molecule has 1 N–H and O–H groups in total. The summed E-state index contributed by atoms with van der Waals surface area (Å²) in [6.45, 7) is 4.37. The van der Waals surface area contributed by atoms with E-state index in [0.717, 1.165) is 33.5 Å². The van der Waals surface area contributed by atoms with Gasteiger partial charge >= 0.3 is 0 Å². The molecule has 38 heavy (non-hydrogen) atoms. The average Bonchev–Trinajstić information content (AvgIpc) is 3.39. The first kappa shape index (κ1) is 25.6. The SMILES string of the molecule is CC(C)(c1ccccc1)c1ccc(-c2[c-]c(-c3ccccn3)ccc2)c2nc(-c3ccccc3O)oc12.[Pt]. The molecule has 190 valence electrons. The van der Waals surface area contributed by atoms with Crippen LogP contribution in [0.4, 0.5) is 0 Å². The predicted molar refractivity (Wildman–Crippen MR) is 147 cm³/mol. The van der Waals surface area contributed by atoms with E-state index in [9.17, 15) is 5.11 Å². The normalized spacial score (nSPS) is 11.3. The molecular formula is C33H25N2O2Pt-. The van der Waals surface area contributed by atoms with Crippen LogP contribution in [0.5, 0.6) is 5.75 Å². The minimum atomic E-state index is -0.340. The largest absolute Gasteiger partial charge is 0.507 e. The van der Waals surface area contributed by atoms with Gasteiger partial charge in [-0.2, -0.15) is 0 Å². The number of aromatic nitrogens is 2. The first-order chi connectivity index (χ1) is 18.0. The Balaban J connectivity index is 0.00000294. The van der Waals surface area contributed by atoms with Crippen LogP contribution in [0.25, 0.3) is 44.9 Å². The number of pyridine rings is 1. The first-order valence-corrected chi connectivity index (χ1v) is 12.2. The number of phenolic OH excluding ortho intramolecular Hbond substituents is 1. The average molecular weight is 677 g/mol. The van der Waals surface area contributed by atoms with Crippen molar-refractivity contribution in [2.75, 3.05) is 0 Å². The minimum absolute atomic E-state index is 0. The zero-order valence-corrected chi connectivity index (χ0v) is 23.2. The van der Waals surface area contributed by atoms with Gasteiger partial charge in [0.2, 0.25) is 5.89 Å². The molecule has 6 aromatic rings. The molecule has 0 saturated carbocycles. The van der Waals surface area contributed by atoms with Gasteiger partial charge < -0.3 is 9.52 Å². The summed E-state index contributed by atoms with van der Waals surface area (Å²) in [7, 11) is 0. The van der Waals surface area contributed by atoms with Crippen molar-refractivity contribution in [3.05, 3.63) is 127 Å². The summed E-state index contributed by atoms with van der Waals surface area (Å²) in [5.74, 6) is 0.509. The Morgan fingerprint density at radius 3 is 2.24 bits per heavy atom.